The summed E-state index contributed by atoms with van der Waals surface area (Å²) in [6.07, 6.45) is 3.65. The van der Waals surface area contributed by atoms with Gasteiger partial charge in [0.2, 0.25) is 17.3 Å². The molecule has 3 N–H and O–H groups in total. The fraction of sp³-hybridized carbons (Fsp3) is 0.286. The molecule has 10 heteroatoms. The van der Waals surface area contributed by atoms with Crippen LogP contribution in [0.2, 0.25) is 0 Å². The van der Waals surface area contributed by atoms with Crippen LogP contribution in [0.25, 0.3) is 0 Å². The zero-order valence-electron chi connectivity index (χ0n) is 16.9. The Bertz CT molecular complexity index is 1020. The molecule has 1 heterocycles. The van der Waals surface area contributed by atoms with Crippen molar-refractivity contribution in [3.8, 4) is 0 Å². The number of hydrogen-bond acceptors (Lipinski definition) is 7. The van der Waals surface area contributed by atoms with Crippen LogP contribution in [-0.4, -0.2) is 48.0 Å². The molecule has 3 amide bonds. The van der Waals surface area contributed by atoms with Crippen LogP contribution in [-0.2, 0) is 0 Å². The van der Waals surface area contributed by atoms with E-state index in [1.165, 1.54) is 24.9 Å². The van der Waals surface area contributed by atoms with Gasteiger partial charge in [0.25, 0.3) is 5.91 Å². The quantitative estimate of drug-likeness (QED) is 0.509. The number of allylic oxidation sites excluding steroid dienone is 2. The lowest BCUT2D eigenvalue weighted by Crippen LogP contribution is -2.29. The molecule has 9 nitrogen and oxygen atoms in total. The number of Topliss-reactive ketones (excluding diaryl/α,β-unsaturated/α-hetero) is 1. The maximum absolute atomic E-state index is 12.7. The number of benzene rings is 1. The summed E-state index contributed by atoms with van der Waals surface area (Å²) in [7, 11) is 1.41. The topological polar surface area (TPSA) is 130 Å². The number of anilines is 1. The van der Waals surface area contributed by atoms with Gasteiger partial charge in [0, 0.05) is 25.4 Å². The van der Waals surface area contributed by atoms with Crippen LogP contribution in [0.5, 0.6) is 0 Å². The van der Waals surface area contributed by atoms with Gasteiger partial charge in [0.1, 0.15) is 5.56 Å². The number of fused-ring (bicyclic) bond motifs is 1. The molecule has 0 spiro atoms. The Kier molecular flexibility index (Phi) is 7.60. The first-order valence-corrected chi connectivity index (χ1v) is 10.7. The second kappa shape index (κ2) is 10.6. The predicted molar refractivity (Wildman–Crippen MR) is 116 cm³/mol. The summed E-state index contributed by atoms with van der Waals surface area (Å²) in [5.74, 6) is -1.07. The molecule has 0 aliphatic heterocycles. The Hall–Kier alpha value is -3.40. The summed E-state index contributed by atoms with van der Waals surface area (Å²) >= 11 is 1.26. The molecule has 0 radical (unpaired) electrons. The summed E-state index contributed by atoms with van der Waals surface area (Å²) in [6.45, 7) is 0.531. The summed E-state index contributed by atoms with van der Waals surface area (Å²) in [4.78, 5) is 48.8. The molecule has 0 atom stereocenters. The zero-order valence-corrected chi connectivity index (χ0v) is 17.7. The number of carbonyl (C=O) groups excluding carboxylic acids is 4. The minimum absolute atomic E-state index is 0.0806. The number of thioether (sulfide) groups is 1. The molecule has 3 rings (SSSR count). The molecule has 1 aromatic carbocycles. The van der Waals surface area contributed by atoms with E-state index < -0.39 is 17.5 Å². The van der Waals surface area contributed by atoms with Crippen LogP contribution < -0.4 is 16.0 Å². The second-order valence-corrected chi connectivity index (χ2v) is 7.81. The van der Waals surface area contributed by atoms with Gasteiger partial charge in [0.05, 0.1) is 4.91 Å². The van der Waals surface area contributed by atoms with E-state index >= 15 is 0 Å². The van der Waals surface area contributed by atoms with Gasteiger partial charge in [-0.05, 0) is 30.7 Å². The van der Waals surface area contributed by atoms with Crippen LogP contribution in [0, 0.1) is 0 Å². The van der Waals surface area contributed by atoms with Crippen LogP contribution in [0.3, 0.4) is 0 Å². The molecule has 0 saturated heterocycles. The Morgan fingerprint density at radius 3 is 2.61 bits per heavy atom. The maximum atomic E-state index is 12.7. The van der Waals surface area contributed by atoms with Crippen molar-refractivity contribution in [1.82, 2.24) is 15.8 Å². The highest BCUT2D eigenvalue weighted by molar-refractivity contribution is 8.04. The predicted octanol–water partition coefficient (Wildman–Crippen LogP) is 3.02. The second-order valence-electron chi connectivity index (χ2n) is 6.67. The van der Waals surface area contributed by atoms with E-state index in [4.69, 9.17) is 4.52 Å². The average Bonchev–Trinajstić information content (AvgIpc) is 3.22. The fourth-order valence-corrected chi connectivity index (χ4v) is 3.90. The number of nitrogens with one attached hydrogen (secondary N) is 3. The number of rotatable bonds is 9. The van der Waals surface area contributed by atoms with E-state index in [9.17, 15) is 19.2 Å². The van der Waals surface area contributed by atoms with Gasteiger partial charge >= 0.3 is 6.03 Å². The largest absolute Gasteiger partial charge is 0.354 e. The number of hydrogen-bond donors (Lipinski definition) is 3. The third-order valence-corrected chi connectivity index (χ3v) is 5.57. The molecule has 0 bridgehead atoms. The van der Waals surface area contributed by atoms with Gasteiger partial charge in [-0.15, -0.1) is 11.8 Å². The van der Waals surface area contributed by atoms with E-state index in [1.54, 1.807) is 0 Å². The molecule has 1 aromatic heterocycles. The Balaban J connectivity index is 1.39. The Morgan fingerprint density at radius 2 is 1.87 bits per heavy atom. The first-order valence-electron chi connectivity index (χ1n) is 9.76. The lowest BCUT2D eigenvalue weighted by Gasteiger charge is -2.11. The van der Waals surface area contributed by atoms with Crippen LogP contribution >= 0.6 is 11.8 Å². The lowest BCUT2D eigenvalue weighted by atomic mass is 10.00. The maximum Gasteiger partial charge on any atom is 0.319 e. The molecular formula is C21H22N4O5S. The van der Waals surface area contributed by atoms with Crippen molar-refractivity contribution in [2.24, 2.45) is 0 Å². The normalized spacial score (nSPS) is 12.7. The van der Waals surface area contributed by atoms with Crippen molar-refractivity contribution in [3.05, 3.63) is 58.3 Å². The molecule has 0 saturated carbocycles. The van der Waals surface area contributed by atoms with Crippen molar-refractivity contribution in [3.63, 3.8) is 0 Å². The van der Waals surface area contributed by atoms with Gasteiger partial charge in [-0.2, -0.15) is 0 Å². The molecule has 1 aliphatic rings. The molecular weight excluding hydrogens is 420 g/mol. The van der Waals surface area contributed by atoms with Crippen LogP contribution in [0.1, 0.15) is 50.7 Å². The zero-order chi connectivity index (χ0) is 22.2. The number of carbonyl (C=O) groups is 4. The minimum Gasteiger partial charge on any atom is -0.354 e. The minimum atomic E-state index is -0.582. The van der Waals surface area contributed by atoms with Crippen LogP contribution in [0.4, 0.5) is 10.5 Å². The monoisotopic (exact) mass is 442 g/mol. The molecule has 0 unspecified atom stereocenters. The highest BCUT2D eigenvalue weighted by Gasteiger charge is 2.35. The Morgan fingerprint density at radius 1 is 1.10 bits per heavy atom. The van der Waals surface area contributed by atoms with Crippen molar-refractivity contribution >= 4 is 41.0 Å². The van der Waals surface area contributed by atoms with E-state index in [2.05, 4.69) is 21.1 Å². The average molecular weight is 442 g/mol. The summed E-state index contributed by atoms with van der Waals surface area (Å²) in [5.41, 5.74) is 0.469. The van der Waals surface area contributed by atoms with Crippen molar-refractivity contribution in [2.45, 2.75) is 19.3 Å². The molecule has 1 aliphatic carbocycles. The summed E-state index contributed by atoms with van der Waals surface area (Å²) in [5, 5.41) is 11.5. The Labute approximate surface area is 183 Å². The summed E-state index contributed by atoms with van der Waals surface area (Å²) < 4.78 is 4.89. The highest BCUT2D eigenvalue weighted by Crippen LogP contribution is 2.31. The highest BCUT2D eigenvalue weighted by atomic mass is 32.2. The molecule has 31 heavy (non-hydrogen) atoms. The van der Waals surface area contributed by atoms with Crippen molar-refractivity contribution in [1.29, 1.82) is 0 Å². The third-order valence-electron chi connectivity index (χ3n) is 4.47. The van der Waals surface area contributed by atoms with Gasteiger partial charge in [-0.3, -0.25) is 14.4 Å². The van der Waals surface area contributed by atoms with E-state index in [0.29, 0.717) is 12.3 Å². The van der Waals surface area contributed by atoms with Gasteiger partial charge < -0.3 is 20.5 Å². The lowest BCUT2D eigenvalue weighted by molar-refractivity contribution is 0.0944. The standard InChI is InChI=1S/C21H22N4O5S/c1-22-20(28)17-16-18(27)15(12-14(26)19(16)30-25-17)31-11-7-3-6-10-23-21(29)24-13-8-4-2-5-9-13/h2,4-5,8-9,12H,3,6-7,10-11H2,1H3,(H,22,28)(H2,23,24,29). The summed E-state index contributed by atoms with van der Waals surface area (Å²) in [6, 6.07) is 8.92. The molecule has 0 fully saturated rings. The van der Waals surface area contributed by atoms with Gasteiger partial charge in [-0.25, -0.2) is 4.79 Å². The number of para-hydroxylation sites is 1. The molecule has 162 valence electrons. The number of unbranched alkanes of at least 4 members (excludes halogenated alkanes) is 2. The van der Waals surface area contributed by atoms with E-state index in [0.717, 1.165) is 24.9 Å². The van der Waals surface area contributed by atoms with Gasteiger partial charge in [-0.1, -0.05) is 29.8 Å². The number of nitrogens with zero attached hydrogens (tertiary/aromatic N) is 1. The number of amides is 3. The first-order chi connectivity index (χ1) is 15.0. The molecule has 2 aromatic rings. The smallest absolute Gasteiger partial charge is 0.319 e. The SMILES string of the molecule is CNC(=O)c1noc2c1C(=O)C(SCCCCCNC(=O)Nc1ccccc1)=CC2=O. The first kappa shape index (κ1) is 22.3. The van der Waals surface area contributed by atoms with E-state index in [-0.39, 0.29) is 28.0 Å². The number of urea groups is 1. The number of aromatic nitrogens is 1. The van der Waals surface area contributed by atoms with E-state index in [1.807, 2.05) is 30.3 Å². The van der Waals surface area contributed by atoms with Crippen molar-refractivity contribution in [2.75, 3.05) is 24.7 Å². The van der Waals surface area contributed by atoms with Crippen LogP contribution in [0.15, 0.2) is 45.8 Å². The third kappa shape index (κ3) is 5.60. The fourth-order valence-electron chi connectivity index (χ4n) is 2.91. The number of ketones is 2. The van der Waals surface area contributed by atoms with Crippen molar-refractivity contribution < 1.29 is 23.7 Å². The van der Waals surface area contributed by atoms with Gasteiger partial charge in [0.15, 0.2) is 5.69 Å².